The van der Waals surface area contributed by atoms with Crippen molar-refractivity contribution in [3.05, 3.63) is 170 Å². The van der Waals surface area contributed by atoms with Gasteiger partial charge >= 0.3 is 0 Å². The van der Waals surface area contributed by atoms with Crippen LogP contribution in [-0.4, -0.2) is 28.5 Å². The lowest BCUT2D eigenvalue weighted by Crippen LogP contribution is -2.10. The van der Waals surface area contributed by atoms with Crippen LogP contribution >= 0.6 is 0 Å². The maximum absolute atomic E-state index is 5.01. The normalized spacial score (nSPS) is 12.0. The summed E-state index contributed by atoms with van der Waals surface area (Å²) in [6.07, 6.45) is 0. The molecule has 4 heterocycles. The van der Waals surface area contributed by atoms with E-state index in [9.17, 15) is 0 Å². The van der Waals surface area contributed by atoms with Gasteiger partial charge in [-0.3, -0.25) is 9.13 Å². The van der Waals surface area contributed by atoms with Crippen molar-refractivity contribution in [3.63, 3.8) is 0 Å². The minimum Gasteiger partial charge on any atom is -0.309 e. The highest BCUT2D eigenvalue weighted by Crippen LogP contribution is 2.37. The fourth-order valence-corrected chi connectivity index (χ4v) is 8.02. The van der Waals surface area contributed by atoms with E-state index in [1.54, 1.807) is 0 Å². The van der Waals surface area contributed by atoms with Crippen LogP contribution in [-0.2, 0) is 0 Å². The number of aromatic nitrogens is 6. The van der Waals surface area contributed by atoms with Gasteiger partial charge in [-0.1, -0.05) is 109 Å². The summed E-state index contributed by atoms with van der Waals surface area (Å²) in [4.78, 5) is 0. The van der Waals surface area contributed by atoms with Crippen molar-refractivity contribution in [1.29, 1.82) is 0 Å². The third-order valence-electron chi connectivity index (χ3n) is 10.1. The molecule has 0 unspecified atom stereocenters. The van der Waals surface area contributed by atoms with Crippen LogP contribution in [0.3, 0.4) is 0 Å². The summed E-state index contributed by atoms with van der Waals surface area (Å²) in [5.74, 6) is 1.45. The van der Waals surface area contributed by atoms with E-state index >= 15 is 0 Å². The summed E-state index contributed by atoms with van der Waals surface area (Å²) in [6, 6.07) is 60.2. The Morgan fingerprint density at radius 3 is 0.780 bits per heavy atom. The second kappa shape index (κ2) is 10.3. The number of nitrogens with zero attached hydrogens (tertiary/aromatic N) is 6. The second-order valence-electron chi connectivity index (χ2n) is 12.8. The van der Waals surface area contributed by atoms with Crippen LogP contribution in [0.5, 0.6) is 0 Å². The molecule has 0 aliphatic rings. The highest BCUT2D eigenvalue weighted by molar-refractivity contribution is 6.11. The molecule has 6 nitrogen and oxygen atoms in total. The lowest BCUT2D eigenvalue weighted by Gasteiger charge is -2.15. The summed E-state index contributed by atoms with van der Waals surface area (Å²) < 4.78 is 9.04. The Kier molecular flexibility index (Phi) is 5.57. The standard InChI is InChI=1S/C44H28N6/c1-7-19-37-31(13-1)32-14-2-8-20-38(32)47(37)29-25-27-30(28-26-29)48-43(49-39-21-9-3-15-33(39)34-16-4-10-22-40(34)49)45-46-44(48)50-41-23-11-5-17-35(41)36-18-6-12-24-42(36)50/h1-28H. The average Bonchev–Trinajstić information content (AvgIpc) is 3.93. The Morgan fingerprint density at radius 2 is 0.480 bits per heavy atom. The van der Waals surface area contributed by atoms with Crippen molar-refractivity contribution in [2.45, 2.75) is 0 Å². The van der Waals surface area contributed by atoms with Gasteiger partial charge in [-0.05, 0) is 60.7 Å². The van der Waals surface area contributed by atoms with E-state index in [1.165, 1.54) is 43.4 Å². The molecule has 0 amide bonds. The predicted molar refractivity (Wildman–Crippen MR) is 204 cm³/mol. The second-order valence-corrected chi connectivity index (χ2v) is 12.8. The number of rotatable bonds is 4. The molecule has 0 N–H and O–H groups in total. The van der Waals surface area contributed by atoms with Crippen LogP contribution in [0.1, 0.15) is 0 Å². The summed E-state index contributed by atoms with van der Waals surface area (Å²) in [6.45, 7) is 0. The van der Waals surface area contributed by atoms with Crippen LogP contribution in [0.2, 0.25) is 0 Å². The molecule has 0 aliphatic heterocycles. The van der Waals surface area contributed by atoms with E-state index in [4.69, 9.17) is 10.2 Å². The Morgan fingerprint density at radius 1 is 0.240 bits per heavy atom. The number of benzene rings is 7. The number of hydrogen-bond donors (Lipinski definition) is 0. The van der Waals surface area contributed by atoms with Gasteiger partial charge in [-0.15, -0.1) is 10.2 Å². The molecule has 11 aromatic rings. The Labute approximate surface area is 286 Å². The largest absolute Gasteiger partial charge is 0.309 e. The smallest absolute Gasteiger partial charge is 0.242 e. The molecule has 0 bridgehead atoms. The van der Waals surface area contributed by atoms with Crippen molar-refractivity contribution in [2.24, 2.45) is 0 Å². The molecule has 0 saturated heterocycles. The number of hydrogen-bond acceptors (Lipinski definition) is 2. The van der Waals surface area contributed by atoms with Crippen molar-refractivity contribution in [2.75, 3.05) is 0 Å². The van der Waals surface area contributed by atoms with Gasteiger partial charge in [0.1, 0.15) is 0 Å². The molecule has 0 atom stereocenters. The molecular formula is C44H28N6. The Hall–Kier alpha value is -6.92. The van der Waals surface area contributed by atoms with E-state index in [0.717, 1.165) is 45.3 Å². The first kappa shape index (κ1) is 27.1. The third kappa shape index (κ3) is 3.67. The van der Waals surface area contributed by atoms with Crippen molar-refractivity contribution < 1.29 is 0 Å². The van der Waals surface area contributed by atoms with E-state index in [2.05, 4.69) is 188 Å². The predicted octanol–water partition coefficient (Wildman–Crippen LogP) is 10.6. The molecule has 11 rings (SSSR count). The lowest BCUT2D eigenvalue weighted by atomic mass is 10.2. The average molecular weight is 641 g/mol. The summed E-state index contributed by atoms with van der Waals surface area (Å²) in [5.41, 5.74) is 8.75. The van der Waals surface area contributed by atoms with Crippen LogP contribution < -0.4 is 0 Å². The lowest BCUT2D eigenvalue weighted by molar-refractivity contribution is 0.901. The molecule has 0 spiro atoms. The first-order chi connectivity index (χ1) is 24.8. The molecule has 6 heteroatoms. The number of para-hydroxylation sites is 6. The minimum absolute atomic E-state index is 0.726. The Bertz CT molecular complexity index is 2810. The van der Waals surface area contributed by atoms with Crippen molar-refractivity contribution >= 4 is 65.4 Å². The van der Waals surface area contributed by atoms with Gasteiger partial charge in [0.25, 0.3) is 0 Å². The van der Waals surface area contributed by atoms with Crippen LogP contribution in [0.25, 0.3) is 88.7 Å². The number of fused-ring (bicyclic) bond motifs is 9. The zero-order valence-corrected chi connectivity index (χ0v) is 26.8. The zero-order chi connectivity index (χ0) is 32.8. The third-order valence-corrected chi connectivity index (χ3v) is 10.1. The van der Waals surface area contributed by atoms with Crippen LogP contribution in [0, 0.1) is 0 Å². The van der Waals surface area contributed by atoms with E-state index in [0.29, 0.717) is 0 Å². The summed E-state index contributed by atoms with van der Waals surface area (Å²) in [5, 5.41) is 17.2. The van der Waals surface area contributed by atoms with Gasteiger partial charge in [-0.2, -0.15) is 0 Å². The molecule has 50 heavy (non-hydrogen) atoms. The van der Waals surface area contributed by atoms with Gasteiger partial charge in [0.05, 0.1) is 38.8 Å². The van der Waals surface area contributed by atoms with Crippen LogP contribution in [0.15, 0.2) is 170 Å². The molecular weight excluding hydrogens is 613 g/mol. The first-order valence-electron chi connectivity index (χ1n) is 16.9. The Balaban J connectivity index is 1.21. The van der Waals surface area contributed by atoms with Gasteiger partial charge in [-0.25, -0.2) is 4.57 Å². The molecule has 234 valence electrons. The SMILES string of the molecule is c1ccc2c(c1)c1ccccc1n2-c1ccc(-n2c(-n3c4ccccc4c4ccccc43)nnc2-n2c3ccccc3c3ccccc32)cc1. The zero-order valence-electron chi connectivity index (χ0n) is 26.8. The maximum Gasteiger partial charge on any atom is 0.242 e. The minimum atomic E-state index is 0.726. The van der Waals surface area contributed by atoms with Gasteiger partial charge in [0.2, 0.25) is 11.9 Å². The quantitative estimate of drug-likeness (QED) is 0.192. The van der Waals surface area contributed by atoms with Gasteiger partial charge in [0, 0.05) is 38.0 Å². The molecule has 0 radical (unpaired) electrons. The van der Waals surface area contributed by atoms with Crippen LogP contribution in [0.4, 0.5) is 0 Å². The monoisotopic (exact) mass is 640 g/mol. The fraction of sp³-hybridized carbons (Fsp3) is 0. The fourth-order valence-electron chi connectivity index (χ4n) is 8.02. The first-order valence-corrected chi connectivity index (χ1v) is 16.9. The molecule has 0 saturated carbocycles. The highest BCUT2D eigenvalue weighted by Gasteiger charge is 2.24. The molecule has 7 aromatic carbocycles. The summed E-state index contributed by atoms with van der Waals surface area (Å²) in [7, 11) is 0. The van der Waals surface area contributed by atoms with Crippen molar-refractivity contribution in [1.82, 2.24) is 28.5 Å². The van der Waals surface area contributed by atoms with E-state index < -0.39 is 0 Å². The van der Waals surface area contributed by atoms with Crippen molar-refractivity contribution in [3.8, 4) is 23.3 Å². The molecule has 0 aliphatic carbocycles. The molecule has 0 fully saturated rings. The van der Waals surface area contributed by atoms with Gasteiger partial charge < -0.3 is 4.57 Å². The topological polar surface area (TPSA) is 45.5 Å². The molecule has 4 aromatic heterocycles. The maximum atomic E-state index is 5.01. The highest BCUT2D eigenvalue weighted by atomic mass is 15.4. The van der Waals surface area contributed by atoms with Gasteiger partial charge in [0.15, 0.2) is 0 Å². The summed E-state index contributed by atoms with van der Waals surface area (Å²) >= 11 is 0. The van der Waals surface area contributed by atoms with E-state index in [1.807, 2.05) is 0 Å². The van der Waals surface area contributed by atoms with E-state index in [-0.39, 0.29) is 0 Å².